The highest BCUT2D eigenvalue weighted by atomic mass is 32.2. The van der Waals surface area contributed by atoms with Crippen LogP contribution in [0, 0.1) is 5.41 Å². The first-order valence-corrected chi connectivity index (χ1v) is 16.4. The number of anilines is 3. The van der Waals surface area contributed by atoms with Crippen molar-refractivity contribution in [1.82, 2.24) is 0 Å². The van der Waals surface area contributed by atoms with Crippen molar-refractivity contribution in [2.75, 3.05) is 53.6 Å². The molecule has 2 saturated heterocycles. The number of carbonyl (C=O) groups excluding carboxylic acids is 1. The SMILES string of the molecule is CC(C)(C)c1ccc(-c2ccc3c(c2)CCN(c2ccc(O)c(NS(C)(=O)=O)c2)C3=O)c(N2CC[C@@]3(CCOC3)C2)c1. The summed E-state index contributed by atoms with van der Waals surface area (Å²) in [4.78, 5) is 17.8. The van der Waals surface area contributed by atoms with E-state index in [0.717, 1.165) is 56.5 Å². The van der Waals surface area contributed by atoms with E-state index in [4.69, 9.17) is 4.74 Å². The van der Waals surface area contributed by atoms with E-state index in [1.54, 1.807) is 11.0 Å². The van der Waals surface area contributed by atoms with Crippen LogP contribution in [-0.4, -0.2) is 58.5 Å². The molecular formula is C33H39N3O5S. The first-order valence-electron chi connectivity index (χ1n) is 14.6. The minimum absolute atomic E-state index is 0.0256. The van der Waals surface area contributed by atoms with Crippen molar-refractivity contribution < 1.29 is 23.1 Å². The molecule has 3 aliphatic heterocycles. The van der Waals surface area contributed by atoms with Gasteiger partial charge in [-0.25, -0.2) is 8.42 Å². The summed E-state index contributed by atoms with van der Waals surface area (Å²) in [5, 5.41) is 10.1. The van der Waals surface area contributed by atoms with Crippen molar-refractivity contribution in [2.24, 2.45) is 5.41 Å². The second-order valence-electron chi connectivity index (χ2n) is 13.1. The lowest BCUT2D eigenvalue weighted by atomic mass is 9.84. The number of benzene rings is 3. The number of hydrogen-bond donors (Lipinski definition) is 2. The Bertz CT molecular complexity index is 1650. The first kappa shape index (κ1) is 28.6. The van der Waals surface area contributed by atoms with Crippen LogP contribution in [0.5, 0.6) is 5.75 Å². The smallest absolute Gasteiger partial charge is 0.258 e. The Kier molecular flexibility index (Phi) is 7.01. The Balaban J connectivity index is 1.32. The summed E-state index contributed by atoms with van der Waals surface area (Å²) in [5.74, 6) is -0.346. The number of carbonyl (C=O) groups is 1. The highest BCUT2D eigenvalue weighted by Gasteiger charge is 2.42. The fourth-order valence-electron chi connectivity index (χ4n) is 6.49. The first-order chi connectivity index (χ1) is 19.8. The molecule has 1 amide bonds. The second kappa shape index (κ2) is 10.3. The van der Waals surface area contributed by atoms with Crippen LogP contribution >= 0.6 is 0 Å². The third-order valence-electron chi connectivity index (χ3n) is 8.91. The molecule has 2 N–H and O–H groups in total. The van der Waals surface area contributed by atoms with Crippen LogP contribution in [0.4, 0.5) is 17.1 Å². The van der Waals surface area contributed by atoms with E-state index in [2.05, 4.69) is 54.7 Å². The third-order valence-corrected chi connectivity index (χ3v) is 9.50. The van der Waals surface area contributed by atoms with Gasteiger partial charge in [0.25, 0.3) is 5.91 Å². The zero-order valence-electron chi connectivity index (χ0n) is 24.7. The van der Waals surface area contributed by atoms with Crippen molar-refractivity contribution in [3.05, 3.63) is 71.3 Å². The largest absolute Gasteiger partial charge is 0.506 e. The minimum atomic E-state index is -3.59. The van der Waals surface area contributed by atoms with Crippen LogP contribution in [0.15, 0.2) is 54.6 Å². The monoisotopic (exact) mass is 589 g/mol. The molecule has 0 saturated carbocycles. The number of amides is 1. The Hall–Kier alpha value is -3.56. The van der Waals surface area contributed by atoms with Gasteiger partial charge < -0.3 is 19.6 Å². The average Bonchev–Trinajstić information content (AvgIpc) is 3.58. The molecule has 0 bridgehead atoms. The van der Waals surface area contributed by atoms with Gasteiger partial charge in [-0.15, -0.1) is 0 Å². The molecule has 3 aromatic rings. The molecule has 9 heteroatoms. The van der Waals surface area contributed by atoms with E-state index in [1.165, 1.54) is 28.9 Å². The lowest BCUT2D eigenvalue weighted by molar-refractivity contribution is 0.0980. The maximum Gasteiger partial charge on any atom is 0.258 e. The number of sulfonamides is 1. The van der Waals surface area contributed by atoms with Crippen molar-refractivity contribution >= 4 is 33.0 Å². The molecule has 1 spiro atoms. The maximum atomic E-state index is 13.6. The number of aromatic hydroxyl groups is 1. The molecule has 1 atom stereocenters. The number of phenolic OH excluding ortho intramolecular Hbond substituents is 1. The standard InChI is InChI=1S/C33H39N3O5S/c1-32(2,3)24-6-9-26(29(18-24)35-15-12-33(20-35)13-16-41-21-33)22-5-8-27-23(17-22)11-14-36(31(27)38)25-7-10-30(37)28(19-25)34-42(4,39)40/h5-10,17-19,34,37H,11-16,20-21H2,1-4H3/t33-/m1/s1. The van der Waals surface area contributed by atoms with Crippen LogP contribution in [0.2, 0.25) is 0 Å². The van der Waals surface area contributed by atoms with E-state index in [0.29, 0.717) is 24.2 Å². The van der Waals surface area contributed by atoms with Gasteiger partial charge in [0.05, 0.1) is 18.6 Å². The molecule has 42 heavy (non-hydrogen) atoms. The summed E-state index contributed by atoms with van der Waals surface area (Å²) in [6.45, 7) is 10.9. The lowest BCUT2D eigenvalue weighted by Gasteiger charge is -2.30. The summed E-state index contributed by atoms with van der Waals surface area (Å²) in [6, 6.07) is 17.4. The van der Waals surface area contributed by atoms with Gasteiger partial charge in [-0.3, -0.25) is 9.52 Å². The molecule has 0 aromatic heterocycles. The molecular weight excluding hydrogens is 550 g/mol. The maximum absolute atomic E-state index is 13.6. The predicted molar refractivity (Wildman–Crippen MR) is 167 cm³/mol. The Morgan fingerprint density at radius 3 is 2.48 bits per heavy atom. The lowest BCUT2D eigenvalue weighted by Crippen LogP contribution is -2.37. The van der Waals surface area contributed by atoms with E-state index in [9.17, 15) is 18.3 Å². The van der Waals surface area contributed by atoms with Gasteiger partial charge >= 0.3 is 0 Å². The molecule has 2 fully saturated rings. The fraction of sp³-hybridized carbons (Fsp3) is 0.424. The van der Waals surface area contributed by atoms with Gasteiger partial charge in [0, 0.05) is 54.2 Å². The predicted octanol–water partition coefficient (Wildman–Crippen LogP) is 5.55. The Labute approximate surface area is 248 Å². The molecule has 3 heterocycles. The molecule has 0 aliphatic carbocycles. The molecule has 3 aliphatic rings. The Morgan fingerprint density at radius 2 is 1.76 bits per heavy atom. The number of hydrogen-bond acceptors (Lipinski definition) is 6. The Morgan fingerprint density at radius 1 is 0.976 bits per heavy atom. The van der Waals surface area contributed by atoms with Gasteiger partial charge in [-0.1, -0.05) is 45.0 Å². The molecule has 0 unspecified atom stereocenters. The van der Waals surface area contributed by atoms with Crippen LogP contribution in [0.25, 0.3) is 11.1 Å². The number of fused-ring (bicyclic) bond motifs is 1. The van der Waals surface area contributed by atoms with E-state index in [-0.39, 0.29) is 28.2 Å². The summed E-state index contributed by atoms with van der Waals surface area (Å²) < 4.78 is 31.6. The number of phenols is 1. The number of nitrogens with zero attached hydrogens (tertiary/aromatic N) is 2. The second-order valence-corrected chi connectivity index (χ2v) is 14.9. The summed E-state index contributed by atoms with van der Waals surface area (Å²) in [5.41, 5.74) is 7.27. The minimum Gasteiger partial charge on any atom is -0.506 e. The molecule has 222 valence electrons. The summed E-state index contributed by atoms with van der Waals surface area (Å²) >= 11 is 0. The molecule has 0 radical (unpaired) electrons. The van der Waals surface area contributed by atoms with Gasteiger partial charge in [0.2, 0.25) is 10.0 Å². The third kappa shape index (κ3) is 5.47. The summed E-state index contributed by atoms with van der Waals surface area (Å²) in [7, 11) is -3.59. The van der Waals surface area contributed by atoms with Crippen molar-refractivity contribution in [2.45, 2.75) is 45.4 Å². The summed E-state index contributed by atoms with van der Waals surface area (Å²) in [6.07, 6.45) is 3.93. The van der Waals surface area contributed by atoms with E-state index >= 15 is 0 Å². The zero-order chi connectivity index (χ0) is 29.9. The average molecular weight is 590 g/mol. The van der Waals surface area contributed by atoms with Crippen molar-refractivity contribution in [3.63, 3.8) is 0 Å². The van der Waals surface area contributed by atoms with Gasteiger partial charge in [0.1, 0.15) is 5.75 Å². The number of nitrogens with one attached hydrogen (secondary N) is 1. The van der Waals surface area contributed by atoms with Crippen LogP contribution < -0.4 is 14.5 Å². The van der Waals surface area contributed by atoms with Gasteiger partial charge in [-0.05, 0) is 71.7 Å². The van der Waals surface area contributed by atoms with Crippen LogP contribution in [0.3, 0.4) is 0 Å². The molecule has 8 nitrogen and oxygen atoms in total. The topological polar surface area (TPSA) is 99.2 Å². The number of ether oxygens (including phenoxy) is 1. The highest BCUT2D eigenvalue weighted by Crippen LogP contribution is 2.44. The van der Waals surface area contributed by atoms with Gasteiger partial charge in [-0.2, -0.15) is 0 Å². The zero-order valence-corrected chi connectivity index (χ0v) is 25.6. The molecule has 6 rings (SSSR count). The number of rotatable bonds is 5. The van der Waals surface area contributed by atoms with Crippen molar-refractivity contribution in [3.8, 4) is 16.9 Å². The van der Waals surface area contributed by atoms with E-state index < -0.39 is 10.0 Å². The van der Waals surface area contributed by atoms with Gasteiger partial charge in [0.15, 0.2) is 0 Å². The normalized spacial score (nSPS) is 20.8. The molecule has 3 aromatic carbocycles. The highest BCUT2D eigenvalue weighted by molar-refractivity contribution is 7.92. The van der Waals surface area contributed by atoms with E-state index in [1.807, 2.05) is 12.1 Å². The van der Waals surface area contributed by atoms with Crippen LogP contribution in [-0.2, 0) is 26.6 Å². The fourth-order valence-corrected chi connectivity index (χ4v) is 7.05. The quantitative estimate of drug-likeness (QED) is 0.379. The van der Waals surface area contributed by atoms with Crippen molar-refractivity contribution in [1.29, 1.82) is 0 Å². The van der Waals surface area contributed by atoms with Crippen LogP contribution in [0.1, 0.15) is 55.1 Å².